The number of rotatable bonds is 1. The van der Waals surface area contributed by atoms with E-state index in [9.17, 15) is 4.79 Å². The average Bonchev–Trinajstić information content (AvgIpc) is 2.29. The first-order chi connectivity index (χ1) is 7.84. The van der Waals surface area contributed by atoms with E-state index >= 15 is 0 Å². The van der Waals surface area contributed by atoms with Gasteiger partial charge in [0.1, 0.15) is 0 Å². The summed E-state index contributed by atoms with van der Waals surface area (Å²) in [4.78, 5) is 11.5. The van der Waals surface area contributed by atoms with Gasteiger partial charge in [-0.05, 0) is 25.7 Å². The standard InChI is InChI=1S/C14H22O2/c1-16-14(15)13-11-9-7-5-3-2-4-6-8-10-12-13/h7,9,11H,2-6,8,10,12H2,1H3. The number of hydrogen-bond acceptors (Lipinski definition) is 2. The highest BCUT2D eigenvalue weighted by molar-refractivity contribution is 5.88. The zero-order valence-electron chi connectivity index (χ0n) is 10.2. The molecular weight excluding hydrogens is 200 g/mol. The summed E-state index contributed by atoms with van der Waals surface area (Å²) in [5.74, 6) is -0.179. The van der Waals surface area contributed by atoms with Gasteiger partial charge in [0.05, 0.1) is 7.11 Å². The Balaban J connectivity index is 2.57. The molecule has 0 radical (unpaired) electrons. The molecule has 0 unspecified atom stereocenters. The molecule has 0 atom stereocenters. The van der Waals surface area contributed by atoms with E-state index < -0.39 is 0 Å². The fourth-order valence-electron chi connectivity index (χ4n) is 1.95. The smallest absolute Gasteiger partial charge is 0.333 e. The van der Waals surface area contributed by atoms with Crippen molar-refractivity contribution in [2.45, 2.75) is 51.4 Å². The Kier molecular flexibility index (Phi) is 6.62. The van der Waals surface area contributed by atoms with Gasteiger partial charge in [-0.15, -0.1) is 0 Å². The van der Waals surface area contributed by atoms with Gasteiger partial charge in [0.15, 0.2) is 0 Å². The van der Waals surface area contributed by atoms with E-state index in [4.69, 9.17) is 4.74 Å². The Labute approximate surface area is 98.4 Å². The van der Waals surface area contributed by atoms with Gasteiger partial charge in [-0.3, -0.25) is 0 Å². The van der Waals surface area contributed by atoms with Crippen molar-refractivity contribution in [1.29, 1.82) is 0 Å². The molecule has 0 N–H and O–H groups in total. The third-order valence-electron chi connectivity index (χ3n) is 2.95. The van der Waals surface area contributed by atoms with Crippen LogP contribution < -0.4 is 0 Å². The number of esters is 1. The van der Waals surface area contributed by atoms with E-state index in [1.807, 2.05) is 12.2 Å². The molecule has 2 heteroatoms. The predicted octanol–water partition coefficient (Wildman–Crippen LogP) is 3.78. The Bertz CT molecular complexity index is 264. The molecule has 2 nitrogen and oxygen atoms in total. The van der Waals surface area contributed by atoms with Crippen LogP contribution in [0, 0.1) is 0 Å². The highest BCUT2D eigenvalue weighted by Crippen LogP contribution is 2.15. The lowest BCUT2D eigenvalue weighted by molar-refractivity contribution is -0.136. The normalized spacial score (nSPS) is 19.2. The molecule has 0 aromatic rings. The number of carbonyl (C=O) groups is 1. The third-order valence-corrected chi connectivity index (χ3v) is 2.95. The van der Waals surface area contributed by atoms with Crippen LogP contribution in [0.4, 0.5) is 0 Å². The second-order valence-electron chi connectivity index (χ2n) is 4.27. The van der Waals surface area contributed by atoms with Crippen LogP contribution in [0.25, 0.3) is 0 Å². The molecule has 0 bridgehead atoms. The summed E-state index contributed by atoms with van der Waals surface area (Å²) < 4.78 is 4.77. The molecule has 0 aliphatic heterocycles. The van der Waals surface area contributed by atoms with Crippen molar-refractivity contribution in [3.8, 4) is 0 Å². The zero-order chi connectivity index (χ0) is 11.6. The van der Waals surface area contributed by atoms with E-state index in [1.54, 1.807) is 0 Å². The van der Waals surface area contributed by atoms with E-state index in [0.717, 1.165) is 24.8 Å². The summed E-state index contributed by atoms with van der Waals surface area (Å²) in [6, 6.07) is 0. The second-order valence-corrected chi connectivity index (χ2v) is 4.27. The summed E-state index contributed by atoms with van der Waals surface area (Å²) in [6.45, 7) is 0. The van der Waals surface area contributed by atoms with Gasteiger partial charge in [0.25, 0.3) is 0 Å². The summed E-state index contributed by atoms with van der Waals surface area (Å²) in [5.41, 5.74) is 0.805. The molecule has 90 valence electrons. The van der Waals surface area contributed by atoms with Gasteiger partial charge >= 0.3 is 5.97 Å². The monoisotopic (exact) mass is 222 g/mol. The molecule has 1 aliphatic carbocycles. The lowest BCUT2D eigenvalue weighted by Crippen LogP contribution is -2.04. The first-order valence-electron chi connectivity index (χ1n) is 6.28. The average molecular weight is 222 g/mol. The van der Waals surface area contributed by atoms with Gasteiger partial charge in [-0.2, -0.15) is 0 Å². The molecule has 0 aromatic carbocycles. The fourth-order valence-corrected chi connectivity index (χ4v) is 1.95. The largest absolute Gasteiger partial charge is 0.466 e. The van der Waals surface area contributed by atoms with Crippen molar-refractivity contribution in [2.75, 3.05) is 7.11 Å². The van der Waals surface area contributed by atoms with Gasteiger partial charge in [0, 0.05) is 5.57 Å². The fraction of sp³-hybridized carbons (Fsp3) is 0.643. The molecular formula is C14H22O2. The molecule has 0 fully saturated rings. The van der Waals surface area contributed by atoms with Crippen molar-refractivity contribution < 1.29 is 9.53 Å². The molecule has 0 amide bonds. The summed E-state index contributed by atoms with van der Waals surface area (Å²) in [7, 11) is 1.45. The minimum absolute atomic E-state index is 0.179. The minimum atomic E-state index is -0.179. The van der Waals surface area contributed by atoms with Gasteiger partial charge in [-0.25, -0.2) is 4.79 Å². The lowest BCUT2D eigenvalue weighted by atomic mass is 10.0. The maximum Gasteiger partial charge on any atom is 0.333 e. The van der Waals surface area contributed by atoms with Crippen LogP contribution in [0.2, 0.25) is 0 Å². The van der Waals surface area contributed by atoms with E-state index in [2.05, 4.69) is 6.08 Å². The van der Waals surface area contributed by atoms with Crippen LogP contribution in [0.5, 0.6) is 0 Å². The molecule has 16 heavy (non-hydrogen) atoms. The van der Waals surface area contributed by atoms with E-state index in [1.165, 1.54) is 39.2 Å². The quantitative estimate of drug-likeness (QED) is 0.631. The maximum absolute atomic E-state index is 11.5. The summed E-state index contributed by atoms with van der Waals surface area (Å²) in [6.07, 6.45) is 15.5. The van der Waals surface area contributed by atoms with Crippen molar-refractivity contribution in [3.63, 3.8) is 0 Å². The van der Waals surface area contributed by atoms with Gasteiger partial charge in [-0.1, -0.05) is 43.9 Å². The molecule has 0 aromatic heterocycles. The van der Waals surface area contributed by atoms with Crippen molar-refractivity contribution in [2.24, 2.45) is 0 Å². The Morgan fingerprint density at radius 2 is 1.81 bits per heavy atom. The summed E-state index contributed by atoms with van der Waals surface area (Å²) in [5, 5.41) is 0. The highest BCUT2D eigenvalue weighted by atomic mass is 16.5. The first kappa shape index (κ1) is 13.0. The molecule has 0 saturated carbocycles. The van der Waals surface area contributed by atoms with Gasteiger partial charge in [0.2, 0.25) is 0 Å². The number of allylic oxidation sites excluding steroid dienone is 3. The molecule has 1 rings (SSSR count). The van der Waals surface area contributed by atoms with Crippen LogP contribution in [-0.2, 0) is 9.53 Å². The first-order valence-corrected chi connectivity index (χ1v) is 6.28. The SMILES string of the molecule is COC(=O)C1=CC=CCCCCCCCC1. The third kappa shape index (κ3) is 5.15. The van der Waals surface area contributed by atoms with Gasteiger partial charge < -0.3 is 4.74 Å². The van der Waals surface area contributed by atoms with Crippen molar-refractivity contribution >= 4 is 5.97 Å². The van der Waals surface area contributed by atoms with E-state index in [-0.39, 0.29) is 5.97 Å². The predicted molar refractivity (Wildman–Crippen MR) is 66.2 cm³/mol. The number of ether oxygens (including phenoxy) is 1. The Morgan fingerprint density at radius 3 is 2.56 bits per heavy atom. The minimum Gasteiger partial charge on any atom is -0.466 e. The van der Waals surface area contributed by atoms with Crippen LogP contribution in [0.1, 0.15) is 51.4 Å². The Morgan fingerprint density at radius 1 is 1.12 bits per heavy atom. The van der Waals surface area contributed by atoms with Crippen molar-refractivity contribution in [3.05, 3.63) is 23.8 Å². The molecule has 0 spiro atoms. The molecule has 1 aliphatic rings. The summed E-state index contributed by atoms with van der Waals surface area (Å²) >= 11 is 0. The number of carbonyl (C=O) groups excluding carboxylic acids is 1. The lowest BCUT2D eigenvalue weighted by Gasteiger charge is -2.06. The van der Waals surface area contributed by atoms with E-state index in [0.29, 0.717) is 0 Å². The van der Waals surface area contributed by atoms with Crippen LogP contribution in [-0.4, -0.2) is 13.1 Å². The topological polar surface area (TPSA) is 26.3 Å². The number of hydrogen-bond donors (Lipinski definition) is 0. The Hall–Kier alpha value is -1.05. The second kappa shape index (κ2) is 8.14. The van der Waals surface area contributed by atoms with Crippen LogP contribution in [0.15, 0.2) is 23.8 Å². The highest BCUT2D eigenvalue weighted by Gasteiger charge is 2.08. The molecule has 0 heterocycles. The van der Waals surface area contributed by atoms with Crippen molar-refractivity contribution in [1.82, 2.24) is 0 Å². The molecule has 0 saturated heterocycles. The maximum atomic E-state index is 11.5. The zero-order valence-corrected chi connectivity index (χ0v) is 10.2. The van der Waals surface area contributed by atoms with Crippen LogP contribution in [0.3, 0.4) is 0 Å². The number of methoxy groups -OCH3 is 1. The van der Waals surface area contributed by atoms with Crippen LogP contribution >= 0.6 is 0 Å².